The molecule has 2 rings (SSSR count). The van der Waals surface area contributed by atoms with Crippen molar-refractivity contribution in [1.29, 1.82) is 0 Å². The summed E-state index contributed by atoms with van der Waals surface area (Å²) < 4.78 is 6.34. The van der Waals surface area contributed by atoms with Crippen molar-refractivity contribution >= 4 is 33.4 Å². The van der Waals surface area contributed by atoms with Crippen LogP contribution in [0.3, 0.4) is 0 Å². The molecular weight excluding hydrogens is 372 g/mol. The number of nitrogens with one attached hydrogen (secondary N) is 2. The van der Waals surface area contributed by atoms with E-state index >= 15 is 0 Å². The van der Waals surface area contributed by atoms with Gasteiger partial charge >= 0.3 is 0 Å². The zero-order chi connectivity index (χ0) is 17.5. The minimum Gasteiger partial charge on any atom is -0.483 e. The van der Waals surface area contributed by atoms with Crippen molar-refractivity contribution in [2.75, 3.05) is 19.0 Å². The minimum absolute atomic E-state index is 0.147. The van der Waals surface area contributed by atoms with Gasteiger partial charge in [-0.15, -0.1) is 0 Å². The van der Waals surface area contributed by atoms with Crippen LogP contribution in [0.25, 0.3) is 0 Å². The standard InChI is InChI=1S/C18H19BrN2O3/c1-3-12-8-9-16(14(19)10-12)24-11-17(22)21-15-7-5-4-6-13(15)18(23)20-2/h4-10H,3,11H2,1-2H3,(H,20,23)(H,21,22). The Morgan fingerprint density at radius 2 is 1.92 bits per heavy atom. The fourth-order valence-electron chi connectivity index (χ4n) is 2.14. The second kappa shape index (κ2) is 8.49. The third-order valence-corrected chi connectivity index (χ3v) is 4.06. The van der Waals surface area contributed by atoms with E-state index in [9.17, 15) is 9.59 Å². The number of anilines is 1. The summed E-state index contributed by atoms with van der Waals surface area (Å²) in [7, 11) is 1.54. The Labute approximate surface area is 149 Å². The van der Waals surface area contributed by atoms with Crippen molar-refractivity contribution < 1.29 is 14.3 Å². The second-order valence-corrected chi connectivity index (χ2v) is 5.93. The van der Waals surface area contributed by atoms with Crippen LogP contribution in [0.4, 0.5) is 5.69 Å². The number of hydrogen-bond acceptors (Lipinski definition) is 3. The SMILES string of the molecule is CCc1ccc(OCC(=O)Nc2ccccc2C(=O)NC)c(Br)c1. The highest BCUT2D eigenvalue weighted by molar-refractivity contribution is 9.10. The first-order valence-corrected chi connectivity index (χ1v) is 8.36. The first-order chi connectivity index (χ1) is 11.5. The van der Waals surface area contributed by atoms with E-state index in [1.54, 1.807) is 31.3 Å². The molecule has 0 atom stereocenters. The second-order valence-electron chi connectivity index (χ2n) is 5.08. The first-order valence-electron chi connectivity index (χ1n) is 7.57. The Bertz CT molecular complexity index is 747. The summed E-state index contributed by atoms with van der Waals surface area (Å²) in [5.74, 6) is 0.00414. The average molecular weight is 391 g/mol. The van der Waals surface area contributed by atoms with Gasteiger partial charge in [-0.2, -0.15) is 0 Å². The molecule has 0 aliphatic rings. The summed E-state index contributed by atoms with van der Waals surface area (Å²) in [5.41, 5.74) is 2.03. The van der Waals surface area contributed by atoms with E-state index in [1.165, 1.54) is 5.56 Å². The Morgan fingerprint density at radius 3 is 2.58 bits per heavy atom. The van der Waals surface area contributed by atoms with Crippen molar-refractivity contribution in [3.63, 3.8) is 0 Å². The van der Waals surface area contributed by atoms with Crippen LogP contribution in [0, 0.1) is 0 Å². The van der Waals surface area contributed by atoms with E-state index in [2.05, 4.69) is 33.5 Å². The van der Waals surface area contributed by atoms with Crippen molar-refractivity contribution in [2.45, 2.75) is 13.3 Å². The molecule has 2 N–H and O–H groups in total. The Kier molecular flexibility index (Phi) is 6.37. The van der Waals surface area contributed by atoms with Crippen LogP contribution in [0.5, 0.6) is 5.75 Å². The number of halogens is 1. The molecule has 2 aromatic carbocycles. The molecular formula is C18H19BrN2O3. The van der Waals surface area contributed by atoms with Crippen molar-refractivity contribution in [3.8, 4) is 5.75 Å². The molecule has 0 saturated heterocycles. The number of carbonyl (C=O) groups is 2. The Morgan fingerprint density at radius 1 is 1.17 bits per heavy atom. The number of para-hydroxylation sites is 1. The lowest BCUT2D eigenvalue weighted by Crippen LogP contribution is -2.24. The maximum absolute atomic E-state index is 12.1. The number of benzene rings is 2. The molecule has 0 radical (unpaired) electrons. The number of ether oxygens (including phenoxy) is 1. The molecule has 24 heavy (non-hydrogen) atoms. The number of carbonyl (C=O) groups excluding carboxylic acids is 2. The largest absolute Gasteiger partial charge is 0.483 e. The van der Waals surface area contributed by atoms with Gasteiger partial charge in [-0.25, -0.2) is 0 Å². The van der Waals surface area contributed by atoms with Crippen molar-refractivity contribution in [2.24, 2.45) is 0 Å². The van der Waals surface area contributed by atoms with Gasteiger partial charge in [0, 0.05) is 7.05 Å². The molecule has 0 bridgehead atoms. The molecule has 0 unspecified atom stereocenters. The molecule has 126 valence electrons. The summed E-state index contributed by atoms with van der Waals surface area (Å²) in [6.45, 7) is 1.92. The van der Waals surface area contributed by atoms with E-state index in [0.717, 1.165) is 10.9 Å². The highest BCUT2D eigenvalue weighted by Gasteiger charge is 2.12. The fraction of sp³-hybridized carbons (Fsp3) is 0.222. The third-order valence-electron chi connectivity index (χ3n) is 3.44. The highest BCUT2D eigenvalue weighted by atomic mass is 79.9. The highest BCUT2D eigenvalue weighted by Crippen LogP contribution is 2.26. The van der Waals surface area contributed by atoms with Crippen LogP contribution in [-0.2, 0) is 11.2 Å². The molecule has 0 spiro atoms. The van der Waals surface area contributed by atoms with Gasteiger partial charge < -0.3 is 15.4 Å². The molecule has 0 fully saturated rings. The summed E-state index contributed by atoms with van der Waals surface area (Å²) >= 11 is 3.44. The molecule has 0 aliphatic heterocycles. The van der Waals surface area contributed by atoms with Gasteiger partial charge in [0.15, 0.2) is 6.61 Å². The molecule has 0 saturated carbocycles. The molecule has 2 aromatic rings. The minimum atomic E-state index is -0.335. The van der Waals surface area contributed by atoms with E-state index in [4.69, 9.17) is 4.74 Å². The number of aryl methyl sites for hydroxylation is 1. The van der Waals surface area contributed by atoms with Crippen LogP contribution in [0.15, 0.2) is 46.9 Å². The maximum atomic E-state index is 12.1. The van der Waals surface area contributed by atoms with Crippen LogP contribution < -0.4 is 15.4 Å². The van der Waals surface area contributed by atoms with Crippen molar-refractivity contribution in [3.05, 3.63) is 58.1 Å². The molecule has 2 amide bonds. The summed E-state index contributed by atoms with van der Waals surface area (Å²) in [4.78, 5) is 23.9. The van der Waals surface area contributed by atoms with Crippen LogP contribution in [0.2, 0.25) is 0 Å². The lowest BCUT2D eigenvalue weighted by Gasteiger charge is -2.12. The summed E-state index contributed by atoms with van der Waals surface area (Å²) in [5, 5.41) is 5.24. The zero-order valence-corrected chi connectivity index (χ0v) is 15.1. The molecule has 5 nitrogen and oxygen atoms in total. The number of amides is 2. The Balaban J connectivity index is 2.01. The number of rotatable bonds is 6. The van der Waals surface area contributed by atoms with Gasteiger partial charge in [0.25, 0.3) is 11.8 Å². The predicted molar refractivity (Wildman–Crippen MR) is 97.5 cm³/mol. The average Bonchev–Trinajstić information content (AvgIpc) is 2.60. The van der Waals surface area contributed by atoms with Gasteiger partial charge in [-0.1, -0.05) is 25.1 Å². The van der Waals surface area contributed by atoms with Crippen LogP contribution >= 0.6 is 15.9 Å². The van der Waals surface area contributed by atoms with E-state index in [1.807, 2.05) is 18.2 Å². The number of hydrogen-bond donors (Lipinski definition) is 2. The smallest absolute Gasteiger partial charge is 0.262 e. The fourth-order valence-corrected chi connectivity index (χ4v) is 2.68. The Hall–Kier alpha value is -2.34. The molecule has 6 heteroatoms. The van der Waals surface area contributed by atoms with E-state index in [0.29, 0.717) is 17.0 Å². The van der Waals surface area contributed by atoms with Gasteiger partial charge in [0.2, 0.25) is 0 Å². The van der Waals surface area contributed by atoms with Gasteiger partial charge in [0.05, 0.1) is 15.7 Å². The summed E-state index contributed by atoms with van der Waals surface area (Å²) in [6.07, 6.45) is 0.926. The van der Waals surface area contributed by atoms with E-state index < -0.39 is 0 Å². The van der Waals surface area contributed by atoms with Gasteiger partial charge in [-0.05, 0) is 52.2 Å². The van der Waals surface area contributed by atoms with Gasteiger partial charge in [-0.3, -0.25) is 9.59 Å². The molecule has 0 aromatic heterocycles. The lowest BCUT2D eigenvalue weighted by molar-refractivity contribution is -0.118. The maximum Gasteiger partial charge on any atom is 0.262 e. The third kappa shape index (κ3) is 4.58. The first kappa shape index (κ1) is 18.0. The van der Waals surface area contributed by atoms with Crippen LogP contribution in [0.1, 0.15) is 22.8 Å². The lowest BCUT2D eigenvalue weighted by atomic mass is 10.1. The van der Waals surface area contributed by atoms with Crippen molar-refractivity contribution in [1.82, 2.24) is 5.32 Å². The summed E-state index contributed by atoms with van der Waals surface area (Å²) in [6, 6.07) is 12.6. The quantitative estimate of drug-likeness (QED) is 0.794. The molecule has 0 heterocycles. The normalized spacial score (nSPS) is 10.1. The predicted octanol–water partition coefficient (Wildman–Crippen LogP) is 3.39. The zero-order valence-electron chi connectivity index (χ0n) is 13.6. The molecule has 0 aliphatic carbocycles. The van der Waals surface area contributed by atoms with Crippen LogP contribution in [-0.4, -0.2) is 25.5 Å². The topological polar surface area (TPSA) is 67.4 Å². The monoisotopic (exact) mass is 390 g/mol. The van der Waals surface area contributed by atoms with Gasteiger partial charge in [0.1, 0.15) is 5.75 Å². The van der Waals surface area contributed by atoms with E-state index in [-0.39, 0.29) is 18.4 Å².